The van der Waals surface area contributed by atoms with Gasteiger partial charge in [0.05, 0.1) is 6.61 Å². The molecule has 0 radical (unpaired) electrons. The van der Waals surface area contributed by atoms with Crippen molar-refractivity contribution in [3.63, 3.8) is 0 Å². The summed E-state index contributed by atoms with van der Waals surface area (Å²) in [6.07, 6.45) is 2.48. The van der Waals surface area contributed by atoms with Gasteiger partial charge in [0.25, 0.3) is 0 Å². The van der Waals surface area contributed by atoms with Gasteiger partial charge >= 0.3 is 5.97 Å². The van der Waals surface area contributed by atoms with Crippen LogP contribution in [-0.2, 0) is 4.79 Å². The minimum Gasteiger partial charge on any atom is -0.494 e. The van der Waals surface area contributed by atoms with Gasteiger partial charge in [0.2, 0.25) is 0 Å². The summed E-state index contributed by atoms with van der Waals surface area (Å²) in [6, 6.07) is 4.27. The topological polar surface area (TPSA) is 58.6 Å². The highest BCUT2D eigenvalue weighted by Gasteiger charge is 2.27. The zero-order chi connectivity index (χ0) is 13.8. The molecule has 1 atom stereocenters. The number of halogens is 1. The third kappa shape index (κ3) is 4.21. The number of hydrogen-bond acceptors (Lipinski definition) is 3. The molecule has 1 unspecified atom stereocenters. The second-order valence-electron chi connectivity index (χ2n) is 4.88. The number of hydrogen-bond donors (Lipinski definition) is 2. The van der Waals surface area contributed by atoms with E-state index in [9.17, 15) is 9.18 Å². The molecule has 1 aliphatic rings. The lowest BCUT2D eigenvalue weighted by Gasteiger charge is -2.14. The van der Waals surface area contributed by atoms with Gasteiger partial charge in [0.1, 0.15) is 17.6 Å². The number of carboxylic acid groups (broad SMARTS) is 1. The summed E-state index contributed by atoms with van der Waals surface area (Å²) in [6.45, 7) is 1.96. The van der Waals surface area contributed by atoms with Crippen molar-refractivity contribution >= 4 is 5.97 Å². The minimum absolute atomic E-state index is 0.272. The summed E-state index contributed by atoms with van der Waals surface area (Å²) >= 11 is 0. The van der Waals surface area contributed by atoms with E-state index >= 15 is 0 Å². The van der Waals surface area contributed by atoms with Gasteiger partial charge in [-0.05, 0) is 43.5 Å². The van der Waals surface area contributed by atoms with Crippen LogP contribution in [0, 0.1) is 12.7 Å². The van der Waals surface area contributed by atoms with Crippen molar-refractivity contribution in [1.29, 1.82) is 0 Å². The van der Waals surface area contributed by atoms with E-state index in [0.717, 1.165) is 12.8 Å². The number of rotatable bonds is 7. The molecule has 0 amide bonds. The average Bonchev–Trinajstić information content (AvgIpc) is 3.16. The van der Waals surface area contributed by atoms with Crippen LogP contribution in [0.1, 0.15) is 24.8 Å². The number of benzene rings is 1. The molecule has 5 heteroatoms. The van der Waals surface area contributed by atoms with E-state index in [0.29, 0.717) is 30.4 Å². The fourth-order valence-corrected chi connectivity index (χ4v) is 1.81. The van der Waals surface area contributed by atoms with Gasteiger partial charge in [0.15, 0.2) is 0 Å². The van der Waals surface area contributed by atoms with E-state index in [1.807, 2.05) is 0 Å². The molecule has 104 valence electrons. The van der Waals surface area contributed by atoms with Crippen molar-refractivity contribution in [2.75, 3.05) is 6.61 Å². The molecule has 4 nitrogen and oxygen atoms in total. The smallest absolute Gasteiger partial charge is 0.320 e. The molecule has 0 heterocycles. The summed E-state index contributed by atoms with van der Waals surface area (Å²) in [5, 5.41) is 12.1. The number of nitrogens with one attached hydrogen (secondary N) is 1. The number of ether oxygens (including phenoxy) is 1. The molecule has 1 fully saturated rings. The molecule has 0 spiro atoms. The lowest BCUT2D eigenvalue weighted by molar-refractivity contribution is -0.139. The second-order valence-corrected chi connectivity index (χ2v) is 4.88. The monoisotopic (exact) mass is 267 g/mol. The van der Waals surface area contributed by atoms with Crippen molar-refractivity contribution in [3.05, 3.63) is 29.6 Å². The molecule has 0 bridgehead atoms. The Balaban J connectivity index is 1.80. The van der Waals surface area contributed by atoms with Gasteiger partial charge in [-0.1, -0.05) is 0 Å². The summed E-state index contributed by atoms with van der Waals surface area (Å²) in [7, 11) is 0. The van der Waals surface area contributed by atoms with Crippen molar-refractivity contribution in [2.24, 2.45) is 0 Å². The van der Waals surface area contributed by atoms with Gasteiger partial charge < -0.3 is 15.2 Å². The van der Waals surface area contributed by atoms with Crippen LogP contribution in [0.3, 0.4) is 0 Å². The molecule has 0 aromatic heterocycles. The Labute approximate surface area is 111 Å². The van der Waals surface area contributed by atoms with Crippen molar-refractivity contribution < 1.29 is 19.0 Å². The van der Waals surface area contributed by atoms with E-state index in [1.54, 1.807) is 19.1 Å². The fourth-order valence-electron chi connectivity index (χ4n) is 1.81. The van der Waals surface area contributed by atoms with Crippen LogP contribution in [0.5, 0.6) is 5.75 Å². The molecule has 1 saturated carbocycles. The Morgan fingerprint density at radius 1 is 1.58 bits per heavy atom. The molecule has 19 heavy (non-hydrogen) atoms. The summed E-state index contributed by atoms with van der Waals surface area (Å²) in [5.41, 5.74) is 0.517. The SMILES string of the molecule is Cc1cc(OCCC(NC2CC2)C(=O)O)ccc1F. The fraction of sp³-hybridized carbons (Fsp3) is 0.500. The summed E-state index contributed by atoms with van der Waals surface area (Å²) in [5.74, 6) is -0.564. The Morgan fingerprint density at radius 2 is 2.32 bits per heavy atom. The highest BCUT2D eigenvalue weighted by molar-refractivity contribution is 5.73. The number of carboxylic acids is 1. The van der Waals surface area contributed by atoms with E-state index in [4.69, 9.17) is 9.84 Å². The summed E-state index contributed by atoms with van der Waals surface area (Å²) in [4.78, 5) is 11.0. The zero-order valence-electron chi connectivity index (χ0n) is 10.9. The van der Waals surface area contributed by atoms with E-state index in [-0.39, 0.29) is 5.82 Å². The average molecular weight is 267 g/mol. The molecule has 0 aliphatic heterocycles. The second kappa shape index (κ2) is 6.02. The molecule has 1 aromatic rings. The van der Waals surface area contributed by atoms with Crippen LogP contribution in [0.25, 0.3) is 0 Å². The van der Waals surface area contributed by atoms with Gasteiger partial charge in [-0.2, -0.15) is 0 Å². The molecule has 2 rings (SSSR count). The van der Waals surface area contributed by atoms with Crippen LogP contribution in [0.2, 0.25) is 0 Å². The standard InChI is InChI=1S/C14H18FNO3/c1-9-8-11(4-5-12(9)15)19-7-6-13(14(17)18)16-10-2-3-10/h4-5,8,10,13,16H,2-3,6-7H2,1H3,(H,17,18). The molecule has 1 aliphatic carbocycles. The van der Waals surface area contributed by atoms with E-state index < -0.39 is 12.0 Å². The van der Waals surface area contributed by atoms with E-state index in [2.05, 4.69) is 5.32 Å². The highest BCUT2D eigenvalue weighted by atomic mass is 19.1. The third-order valence-electron chi connectivity index (χ3n) is 3.12. The maximum Gasteiger partial charge on any atom is 0.320 e. The first-order chi connectivity index (χ1) is 9.06. The molecular weight excluding hydrogens is 249 g/mol. The normalized spacial score (nSPS) is 16.1. The number of aliphatic carboxylic acids is 1. The van der Waals surface area contributed by atoms with Gasteiger partial charge in [-0.15, -0.1) is 0 Å². The Hall–Kier alpha value is -1.62. The minimum atomic E-state index is -0.856. The Bertz CT molecular complexity index is 460. The molecule has 0 saturated heterocycles. The molecule has 1 aromatic carbocycles. The first-order valence-electron chi connectivity index (χ1n) is 6.44. The predicted octanol–water partition coefficient (Wildman–Crippen LogP) is 2.11. The maximum atomic E-state index is 13.1. The van der Waals surface area contributed by atoms with Crippen LogP contribution in [0.4, 0.5) is 4.39 Å². The largest absolute Gasteiger partial charge is 0.494 e. The third-order valence-corrected chi connectivity index (χ3v) is 3.12. The van der Waals surface area contributed by atoms with Crippen molar-refractivity contribution in [3.8, 4) is 5.75 Å². The van der Waals surface area contributed by atoms with Crippen LogP contribution < -0.4 is 10.1 Å². The van der Waals surface area contributed by atoms with Crippen LogP contribution >= 0.6 is 0 Å². The maximum absolute atomic E-state index is 13.1. The van der Waals surface area contributed by atoms with Gasteiger partial charge in [-0.3, -0.25) is 4.79 Å². The van der Waals surface area contributed by atoms with Crippen molar-refractivity contribution in [2.45, 2.75) is 38.3 Å². The van der Waals surface area contributed by atoms with Gasteiger partial charge in [0, 0.05) is 12.5 Å². The quantitative estimate of drug-likeness (QED) is 0.794. The van der Waals surface area contributed by atoms with Crippen molar-refractivity contribution in [1.82, 2.24) is 5.32 Å². The zero-order valence-corrected chi connectivity index (χ0v) is 10.9. The molecular formula is C14H18FNO3. The highest BCUT2D eigenvalue weighted by Crippen LogP contribution is 2.20. The first kappa shape index (κ1) is 13.8. The van der Waals surface area contributed by atoms with Gasteiger partial charge in [-0.25, -0.2) is 4.39 Å². The lowest BCUT2D eigenvalue weighted by Crippen LogP contribution is -2.39. The number of aryl methyl sites for hydroxylation is 1. The lowest BCUT2D eigenvalue weighted by atomic mass is 10.2. The Kier molecular flexibility index (Phi) is 4.37. The van der Waals surface area contributed by atoms with Crippen LogP contribution in [-0.4, -0.2) is 29.8 Å². The predicted molar refractivity (Wildman–Crippen MR) is 68.8 cm³/mol. The summed E-state index contributed by atoms with van der Waals surface area (Å²) < 4.78 is 18.5. The first-order valence-corrected chi connectivity index (χ1v) is 6.44. The van der Waals surface area contributed by atoms with Crippen LogP contribution in [0.15, 0.2) is 18.2 Å². The van der Waals surface area contributed by atoms with E-state index in [1.165, 1.54) is 6.07 Å². The molecule has 2 N–H and O–H groups in total. The Morgan fingerprint density at radius 3 is 2.89 bits per heavy atom. The number of carbonyl (C=O) groups is 1.